The molecule has 0 saturated heterocycles. The second-order valence-electron chi connectivity index (χ2n) is 3.19. The Morgan fingerprint density at radius 2 is 2.36 bits per heavy atom. The van der Waals surface area contributed by atoms with Crippen LogP contribution in [0.5, 0.6) is 5.88 Å². The van der Waals surface area contributed by atoms with Crippen LogP contribution in [-0.4, -0.2) is 29.8 Å². The molecule has 0 aliphatic rings. The van der Waals surface area contributed by atoms with Crippen molar-refractivity contribution < 1.29 is 9.84 Å². The third kappa shape index (κ3) is 3.72. The van der Waals surface area contributed by atoms with Gasteiger partial charge in [-0.2, -0.15) is 0 Å². The zero-order valence-electron chi connectivity index (χ0n) is 8.53. The number of hydrogen-bond donors (Lipinski definition) is 2. The van der Waals surface area contributed by atoms with E-state index in [0.717, 1.165) is 5.56 Å². The molecule has 1 heterocycles. The first-order chi connectivity index (χ1) is 6.72. The van der Waals surface area contributed by atoms with E-state index in [4.69, 9.17) is 9.84 Å². The fraction of sp³-hybridized carbons (Fsp3) is 0.500. The van der Waals surface area contributed by atoms with Crippen molar-refractivity contribution in [3.05, 3.63) is 23.9 Å². The van der Waals surface area contributed by atoms with E-state index in [1.165, 1.54) is 0 Å². The predicted molar refractivity (Wildman–Crippen MR) is 54.2 cm³/mol. The van der Waals surface area contributed by atoms with Crippen molar-refractivity contribution in [1.29, 1.82) is 0 Å². The van der Waals surface area contributed by atoms with E-state index in [9.17, 15) is 0 Å². The molecule has 4 heteroatoms. The average Bonchev–Trinajstić information content (AvgIpc) is 2.18. The van der Waals surface area contributed by atoms with Crippen molar-refractivity contribution in [2.45, 2.75) is 19.6 Å². The molecule has 0 spiro atoms. The zero-order valence-corrected chi connectivity index (χ0v) is 8.53. The van der Waals surface area contributed by atoms with Crippen LogP contribution in [0.4, 0.5) is 0 Å². The molecular formula is C10H16N2O2. The lowest BCUT2D eigenvalue weighted by Crippen LogP contribution is -2.23. The predicted octanol–water partition coefficient (Wildman–Crippen LogP) is 0.561. The molecule has 1 aromatic heterocycles. The van der Waals surface area contributed by atoms with Crippen LogP contribution >= 0.6 is 0 Å². The van der Waals surface area contributed by atoms with Gasteiger partial charge >= 0.3 is 0 Å². The number of pyridine rings is 1. The van der Waals surface area contributed by atoms with E-state index < -0.39 is 0 Å². The Labute approximate surface area is 83.9 Å². The highest BCUT2D eigenvalue weighted by Crippen LogP contribution is 2.05. The van der Waals surface area contributed by atoms with Crippen LogP contribution in [0, 0.1) is 0 Å². The van der Waals surface area contributed by atoms with Crippen molar-refractivity contribution in [3.63, 3.8) is 0 Å². The van der Waals surface area contributed by atoms with Crippen LogP contribution in [-0.2, 0) is 6.54 Å². The fourth-order valence-corrected chi connectivity index (χ4v) is 1.06. The molecule has 0 unspecified atom stereocenters. The topological polar surface area (TPSA) is 54.4 Å². The van der Waals surface area contributed by atoms with Crippen LogP contribution in [0.25, 0.3) is 0 Å². The zero-order chi connectivity index (χ0) is 10.4. The number of rotatable bonds is 5. The highest BCUT2D eigenvalue weighted by atomic mass is 16.5. The Morgan fingerprint density at radius 1 is 1.57 bits per heavy atom. The maximum Gasteiger partial charge on any atom is 0.212 e. The Kier molecular flexibility index (Phi) is 4.35. The summed E-state index contributed by atoms with van der Waals surface area (Å²) in [5.74, 6) is 0.615. The minimum atomic E-state index is -0.318. The molecule has 14 heavy (non-hydrogen) atoms. The average molecular weight is 196 g/mol. The maximum absolute atomic E-state index is 9.01. The van der Waals surface area contributed by atoms with E-state index in [-0.39, 0.29) is 6.10 Å². The number of aliphatic hydroxyl groups is 1. The van der Waals surface area contributed by atoms with Gasteiger partial charge in [-0.25, -0.2) is 4.98 Å². The Hall–Kier alpha value is -1.13. The normalized spacial score (nSPS) is 12.5. The Bertz CT molecular complexity index is 259. The quantitative estimate of drug-likeness (QED) is 0.722. The first kappa shape index (κ1) is 10.9. The van der Waals surface area contributed by atoms with E-state index in [1.54, 1.807) is 20.2 Å². The number of aliphatic hydroxyl groups excluding tert-OH is 1. The van der Waals surface area contributed by atoms with E-state index in [1.807, 2.05) is 12.1 Å². The fourth-order valence-electron chi connectivity index (χ4n) is 1.06. The smallest absolute Gasteiger partial charge is 0.212 e. The largest absolute Gasteiger partial charge is 0.481 e. The molecule has 0 saturated carbocycles. The second kappa shape index (κ2) is 5.57. The molecule has 0 aliphatic heterocycles. The van der Waals surface area contributed by atoms with E-state index in [0.29, 0.717) is 19.0 Å². The molecule has 0 aliphatic carbocycles. The molecule has 2 N–H and O–H groups in total. The van der Waals surface area contributed by atoms with Gasteiger partial charge in [0.1, 0.15) is 0 Å². The minimum absolute atomic E-state index is 0.318. The summed E-state index contributed by atoms with van der Waals surface area (Å²) >= 11 is 0. The van der Waals surface area contributed by atoms with Crippen molar-refractivity contribution in [2.75, 3.05) is 13.7 Å². The van der Waals surface area contributed by atoms with Crippen molar-refractivity contribution in [2.24, 2.45) is 0 Å². The van der Waals surface area contributed by atoms with Gasteiger partial charge in [0, 0.05) is 25.4 Å². The number of nitrogens with zero attached hydrogens (tertiary/aromatic N) is 1. The van der Waals surface area contributed by atoms with Gasteiger partial charge in [-0.3, -0.25) is 0 Å². The number of aromatic nitrogens is 1. The summed E-state index contributed by atoms with van der Waals surface area (Å²) in [6, 6.07) is 3.76. The molecule has 78 valence electrons. The van der Waals surface area contributed by atoms with Gasteiger partial charge in [0.25, 0.3) is 0 Å². The van der Waals surface area contributed by atoms with Gasteiger partial charge < -0.3 is 15.2 Å². The van der Waals surface area contributed by atoms with Crippen LogP contribution in [0.2, 0.25) is 0 Å². The summed E-state index contributed by atoms with van der Waals surface area (Å²) < 4.78 is 4.94. The van der Waals surface area contributed by atoms with Crippen molar-refractivity contribution in [3.8, 4) is 5.88 Å². The summed E-state index contributed by atoms with van der Waals surface area (Å²) in [6.07, 6.45) is 1.44. The third-order valence-corrected chi connectivity index (χ3v) is 1.78. The summed E-state index contributed by atoms with van der Waals surface area (Å²) in [4.78, 5) is 4.07. The standard InChI is InChI=1S/C10H16N2O2/c1-8(13)5-11-6-9-3-4-10(14-2)12-7-9/h3-4,7-8,11,13H,5-6H2,1-2H3/t8-/m1/s1. The molecule has 0 amide bonds. The lowest BCUT2D eigenvalue weighted by molar-refractivity contribution is 0.191. The van der Waals surface area contributed by atoms with Gasteiger partial charge in [0.15, 0.2) is 0 Å². The van der Waals surface area contributed by atoms with Crippen LogP contribution in [0.3, 0.4) is 0 Å². The highest BCUT2D eigenvalue weighted by molar-refractivity contribution is 5.17. The second-order valence-corrected chi connectivity index (χ2v) is 3.19. The highest BCUT2D eigenvalue weighted by Gasteiger charge is 1.97. The molecule has 4 nitrogen and oxygen atoms in total. The molecule has 1 rings (SSSR count). The van der Waals surface area contributed by atoms with Crippen molar-refractivity contribution >= 4 is 0 Å². The number of hydrogen-bond acceptors (Lipinski definition) is 4. The first-order valence-electron chi connectivity index (χ1n) is 4.60. The Morgan fingerprint density at radius 3 is 2.86 bits per heavy atom. The molecule has 0 fully saturated rings. The third-order valence-electron chi connectivity index (χ3n) is 1.78. The van der Waals surface area contributed by atoms with Crippen LogP contribution in [0.1, 0.15) is 12.5 Å². The summed E-state index contributed by atoms with van der Waals surface area (Å²) in [5.41, 5.74) is 1.08. The molecule has 0 aromatic carbocycles. The molecule has 0 radical (unpaired) electrons. The lowest BCUT2D eigenvalue weighted by Gasteiger charge is -2.06. The number of methoxy groups -OCH3 is 1. The van der Waals surface area contributed by atoms with E-state index >= 15 is 0 Å². The first-order valence-corrected chi connectivity index (χ1v) is 4.60. The Balaban J connectivity index is 2.36. The van der Waals surface area contributed by atoms with Crippen LogP contribution in [0.15, 0.2) is 18.3 Å². The SMILES string of the molecule is COc1ccc(CNC[C@@H](C)O)cn1. The molecular weight excluding hydrogens is 180 g/mol. The molecule has 1 aromatic rings. The number of nitrogens with one attached hydrogen (secondary N) is 1. The van der Waals surface area contributed by atoms with Gasteiger partial charge in [-0.15, -0.1) is 0 Å². The van der Waals surface area contributed by atoms with Crippen LogP contribution < -0.4 is 10.1 Å². The van der Waals surface area contributed by atoms with Gasteiger partial charge in [0.2, 0.25) is 5.88 Å². The van der Waals surface area contributed by atoms with Crippen molar-refractivity contribution in [1.82, 2.24) is 10.3 Å². The van der Waals surface area contributed by atoms with Gasteiger partial charge in [-0.05, 0) is 12.5 Å². The lowest BCUT2D eigenvalue weighted by atomic mass is 10.3. The maximum atomic E-state index is 9.01. The summed E-state index contributed by atoms with van der Waals surface area (Å²) in [6.45, 7) is 3.05. The summed E-state index contributed by atoms with van der Waals surface area (Å²) in [7, 11) is 1.59. The van der Waals surface area contributed by atoms with Gasteiger partial charge in [0.05, 0.1) is 13.2 Å². The minimum Gasteiger partial charge on any atom is -0.481 e. The monoisotopic (exact) mass is 196 g/mol. The summed E-state index contributed by atoms with van der Waals surface area (Å²) in [5, 5.41) is 12.1. The van der Waals surface area contributed by atoms with Gasteiger partial charge in [-0.1, -0.05) is 6.07 Å². The number of ether oxygens (including phenoxy) is 1. The molecule has 1 atom stereocenters. The molecule has 0 bridgehead atoms. The van der Waals surface area contributed by atoms with E-state index in [2.05, 4.69) is 10.3 Å².